The summed E-state index contributed by atoms with van der Waals surface area (Å²) in [6.07, 6.45) is 1.90. The summed E-state index contributed by atoms with van der Waals surface area (Å²) in [6.45, 7) is 3.30. The molecular weight excluding hydrogens is 443 g/mol. The van der Waals surface area contributed by atoms with Gasteiger partial charge >= 0.3 is 0 Å². The number of nitrogens with zero attached hydrogens (tertiary/aromatic N) is 1. The topological polar surface area (TPSA) is 91.8 Å². The van der Waals surface area contributed by atoms with Crippen LogP contribution < -0.4 is 15.4 Å². The van der Waals surface area contributed by atoms with E-state index in [1.54, 1.807) is 12.1 Å². The molecule has 9 heteroatoms. The number of aliphatic imine (C=N–C) groups is 1. The van der Waals surface area contributed by atoms with E-state index in [2.05, 4.69) is 20.3 Å². The molecule has 2 heterocycles. The maximum absolute atomic E-state index is 12.3. The summed E-state index contributed by atoms with van der Waals surface area (Å²) in [5, 5.41) is 6.30. The van der Waals surface area contributed by atoms with Crippen molar-refractivity contribution in [2.24, 2.45) is 4.99 Å². The molecule has 0 amide bonds. The number of nitrogens with one attached hydrogen (secondary N) is 3. The van der Waals surface area contributed by atoms with Crippen molar-refractivity contribution in [3.63, 3.8) is 0 Å². The van der Waals surface area contributed by atoms with Gasteiger partial charge in [0.2, 0.25) is 10.0 Å². The van der Waals surface area contributed by atoms with Crippen LogP contribution >= 0.6 is 24.0 Å². The Morgan fingerprint density at radius 1 is 1.29 bits per heavy atom. The van der Waals surface area contributed by atoms with E-state index in [1.807, 2.05) is 12.1 Å². The van der Waals surface area contributed by atoms with Gasteiger partial charge in [-0.3, -0.25) is 4.99 Å². The van der Waals surface area contributed by atoms with Crippen LogP contribution in [0.2, 0.25) is 0 Å². The number of hydrogen-bond donors (Lipinski definition) is 3. The molecule has 1 fully saturated rings. The number of hydrogen-bond acceptors (Lipinski definition) is 6. The predicted octanol–water partition coefficient (Wildman–Crippen LogP) is 0.811. The van der Waals surface area contributed by atoms with Crippen LogP contribution in [0.15, 0.2) is 34.2 Å². The Kier molecular flexibility index (Phi) is 7.26. The number of benzene rings is 1. The third-order valence-corrected chi connectivity index (χ3v) is 5.33. The number of rotatable bonds is 6. The summed E-state index contributed by atoms with van der Waals surface area (Å²) in [4.78, 5) is 4.52. The first-order chi connectivity index (χ1) is 11.1. The van der Waals surface area contributed by atoms with Crippen LogP contribution in [0.3, 0.4) is 0 Å². The normalized spacial score (nSPS) is 20.2. The molecule has 134 valence electrons. The van der Waals surface area contributed by atoms with Crippen molar-refractivity contribution in [2.45, 2.75) is 30.4 Å². The van der Waals surface area contributed by atoms with Crippen LogP contribution in [-0.2, 0) is 21.3 Å². The average molecular weight is 466 g/mol. The second-order valence-electron chi connectivity index (χ2n) is 5.64. The first-order valence-electron chi connectivity index (χ1n) is 7.86. The van der Waals surface area contributed by atoms with E-state index in [0.29, 0.717) is 19.7 Å². The highest BCUT2D eigenvalue weighted by Gasteiger charge is 2.20. The molecule has 2 aliphatic rings. The van der Waals surface area contributed by atoms with Crippen LogP contribution in [-0.4, -0.2) is 46.7 Å². The molecule has 0 bridgehead atoms. The Hall–Kier alpha value is -0.910. The van der Waals surface area contributed by atoms with Crippen molar-refractivity contribution >= 4 is 40.0 Å². The molecule has 24 heavy (non-hydrogen) atoms. The fraction of sp³-hybridized carbons (Fsp3) is 0.533. The minimum Gasteiger partial charge on any atom is -0.377 e. The molecular formula is C15H23IN4O3S. The van der Waals surface area contributed by atoms with Crippen molar-refractivity contribution in [1.29, 1.82) is 0 Å². The van der Waals surface area contributed by atoms with Gasteiger partial charge in [0, 0.05) is 26.2 Å². The SMILES string of the molecule is I.O=S(=O)(NCC1CCCO1)c1ccc(CNC2=NCCN2)cc1. The highest BCUT2D eigenvalue weighted by molar-refractivity contribution is 14.0. The quantitative estimate of drug-likeness (QED) is 0.540. The molecule has 1 atom stereocenters. The van der Waals surface area contributed by atoms with Crippen LogP contribution in [0.1, 0.15) is 18.4 Å². The summed E-state index contributed by atoms with van der Waals surface area (Å²) < 4.78 is 32.6. The second kappa shape index (κ2) is 8.97. The van der Waals surface area contributed by atoms with Crippen LogP contribution in [0.5, 0.6) is 0 Å². The van der Waals surface area contributed by atoms with Gasteiger partial charge in [-0.15, -0.1) is 24.0 Å². The molecule has 0 radical (unpaired) electrons. The Labute approximate surface area is 159 Å². The third-order valence-electron chi connectivity index (χ3n) is 3.89. The zero-order chi connectivity index (χ0) is 16.1. The summed E-state index contributed by atoms with van der Waals surface area (Å²) in [5.41, 5.74) is 1.000. The van der Waals surface area contributed by atoms with E-state index in [-0.39, 0.29) is 35.0 Å². The summed E-state index contributed by atoms with van der Waals surface area (Å²) in [5.74, 6) is 0.792. The zero-order valence-electron chi connectivity index (χ0n) is 13.3. The molecule has 7 nitrogen and oxygen atoms in total. The smallest absolute Gasteiger partial charge is 0.240 e. The minimum absolute atomic E-state index is 0. The van der Waals surface area contributed by atoms with Gasteiger partial charge in [-0.1, -0.05) is 12.1 Å². The predicted molar refractivity (Wildman–Crippen MR) is 103 cm³/mol. The summed E-state index contributed by atoms with van der Waals surface area (Å²) in [7, 11) is -3.48. The van der Waals surface area contributed by atoms with E-state index in [1.165, 1.54) is 0 Å². The van der Waals surface area contributed by atoms with E-state index >= 15 is 0 Å². The number of sulfonamides is 1. The standard InChI is InChI=1S/C15H22N4O3S.HI/c20-23(21,19-11-13-2-1-9-22-13)14-5-3-12(4-6-14)10-18-15-16-7-8-17-15;/h3-6,13,19H,1-2,7-11H2,(H2,16,17,18);1H. The largest absolute Gasteiger partial charge is 0.377 e. The lowest BCUT2D eigenvalue weighted by atomic mass is 10.2. The molecule has 3 rings (SSSR count). The Balaban J connectivity index is 0.00000208. The molecule has 0 saturated carbocycles. The maximum Gasteiger partial charge on any atom is 0.240 e. The van der Waals surface area contributed by atoms with Gasteiger partial charge in [0.25, 0.3) is 0 Å². The lowest BCUT2D eigenvalue weighted by molar-refractivity contribution is 0.114. The molecule has 0 aromatic heterocycles. The first kappa shape index (κ1) is 19.4. The van der Waals surface area contributed by atoms with E-state index < -0.39 is 10.0 Å². The van der Waals surface area contributed by atoms with Crippen LogP contribution in [0, 0.1) is 0 Å². The van der Waals surface area contributed by atoms with Crippen molar-refractivity contribution in [1.82, 2.24) is 15.4 Å². The molecule has 0 spiro atoms. The van der Waals surface area contributed by atoms with Crippen molar-refractivity contribution < 1.29 is 13.2 Å². The van der Waals surface area contributed by atoms with Crippen molar-refractivity contribution in [2.75, 3.05) is 26.2 Å². The molecule has 1 saturated heterocycles. The zero-order valence-corrected chi connectivity index (χ0v) is 16.5. The number of halogens is 1. The fourth-order valence-corrected chi connectivity index (χ4v) is 3.65. The second-order valence-corrected chi connectivity index (χ2v) is 7.41. The number of ether oxygens (including phenoxy) is 1. The Morgan fingerprint density at radius 2 is 2.08 bits per heavy atom. The summed E-state index contributed by atoms with van der Waals surface area (Å²) >= 11 is 0. The first-order valence-corrected chi connectivity index (χ1v) is 9.34. The highest BCUT2D eigenvalue weighted by Crippen LogP contribution is 2.14. The molecule has 0 aliphatic carbocycles. The van der Waals surface area contributed by atoms with Gasteiger partial charge in [0.05, 0.1) is 17.5 Å². The van der Waals surface area contributed by atoms with Gasteiger partial charge in [0.1, 0.15) is 0 Å². The van der Waals surface area contributed by atoms with Gasteiger partial charge in [-0.05, 0) is 30.5 Å². The third kappa shape index (κ3) is 5.30. The molecule has 1 unspecified atom stereocenters. The van der Waals surface area contributed by atoms with Gasteiger partial charge in [0.15, 0.2) is 5.96 Å². The lowest BCUT2D eigenvalue weighted by Gasteiger charge is -2.12. The average Bonchev–Trinajstić information content (AvgIpc) is 3.25. The summed E-state index contributed by atoms with van der Waals surface area (Å²) in [6, 6.07) is 6.86. The monoisotopic (exact) mass is 466 g/mol. The molecule has 2 aliphatic heterocycles. The van der Waals surface area contributed by atoms with Crippen LogP contribution in [0.4, 0.5) is 0 Å². The van der Waals surface area contributed by atoms with E-state index in [9.17, 15) is 8.42 Å². The van der Waals surface area contributed by atoms with E-state index in [4.69, 9.17) is 4.74 Å². The lowest BCUT2D eigenvalue weighted by Crippen LogP contribution is -2.33. The van der Waals surface area contributed by atoms with Gasteiger partial charge in [-0.25, -0.2) is 13.1 Å². The van der Waals surface area contributed by atoms with Gasteiger partial charge in [-0.2, -0.15) is 0 Å². The van der Waals surface area contributed by atoms with Crippen molar-refractivity contribution in [3.05, 3.63) is 29.8 Å². The van der Waals surface area contributed by atoms with Crippen LogP contribution in [0.25, 0.3) is 0 Å². The van der Waals surface area contributed by atoms with Crippen molar-refractivity contribution in [3.8, 4) is 0 Å². The van der Waals surface area contributed by atoms with E-state index in [0.717, 1.165) is 37.5 Å². The Morgan fingerprint density at radius 3 is 2.71 bits per heavy atom. The maximum atomic E-state index is 12.3. The minimum atomic E-state index is -3.48. The number of guanidine groups is 1. The highest BCUT2D eigenvalue weighted by atomic mass is 127. The molecule has 3 N–H and O–H groups in total. The molecule has 1 aromatic carbocycles. The fourth-order valence-electron chi connectivity index (χ4n) is 2.58. The Bertz CT molecular complexity index is 658. The van der Waals surface area contributed by atoms with Gasteiger partial charge < -0.3 is 15.4 Å². The molecule has 1 aromatic rings.